The zero-order chi connectivity index (χ0) is 21.7. The first-order valence-electron chi connectivity index (χ1n) is 8.86. The standard InChI is InChI=1S/C20H18N6O4/c1-12-6-3-4-9-16(12)20(28)25-24-19-17(26(29)30)18(21-11-22-19)23-15-8-5-7-14(10-15)13(2)27/h3-11H,1-2H3,(H,25,28)(H2,21,22,23,24). The Labute approximate surface area is 171 Å². The molecule has 3 rings (SSSR count). The predicted molar refractivity (Wildman–Crippen MR) is 111 cm³/mol. The molecule has 0 fully saturated rings. The Kier molecular flexibility index (Phi) is 5.97. The molecule has 152 valence electrons. The van der Waals surface area contributed by atoms with E-state index >= 15 is 0 Å². The van der Waals surface area contributed by atoms with Gasteiger partial charge in [0, 0.05) is 16.8 Å². The van der Waals surface area contributed by atoms with Crippen molar-refractivity contribution in [1.82, 2.24) is 15.4 Å². The number of aryl methyl sites for hydroxylation is 1. The molecule has 0 saturated heterocycles. The third-order valence-electron chi connectivity index (χ3n) is 4.22. The van der Waals surface area contributed by atoms with Crippen molar-refractivity contribution in [2.75, 3.05) is 10.7 Å². The number of hydrazine groups is 1. The average Bonchev–Trinajstić information content (AvgIpc) is 2.72. The fourth-order valence-electron chi connectivity index (χ4n) is 2.70. The number of amides is 1. The summed E-state index contributed by atoms with van der Waals surface area (Å²) in [6.45, 7) is 3.20. The van der Waals surface area contributed by atoms with Crippen LogP contribution in [0.5, 0.6) is 0 Å². The van der Waals surface area contributed by atoms with Crippen molar-refractivity contribution in [1.29, 1.82) is 0 Å². The number of anilines is 3. The highest BCUT2D eigenvalue weighted by molar-refractivity contribution is 5.96. The van der Waals surface area contributed by atoms with Gasteiger partial charge in [-0.3, -0.25) is 30.6 Å². The minimum atomic E-state index is -0.667. The average molecular weight is 406 g/mol. The maximum atomic E-state index is 12.4. The van der Waals surface area contributed by atoms with Gasteiger partial charge in [-0.05, 0) is 37.6 Å². The van der Waals surface area contributed by atoms with E-state index < -0.39 is 16.5 Å². The highest BCUT2D eigenvalue weighted by atomic mass is 16.6. The molecule has 3 aromatic rings. The molecule has 0 spiro atoms. The number of Topliss-reactive ketones (excluding diaryl/α,β-unsaturated/α-hetero) is 1. The molecule has 10 nitrogen and oxygen atoms in total. The summed E-state index contributed by atoms with van der Waals surface area (Å²) in [5.74, 6) is -0.896. The normalized spacial score (nSPS) is 10.2. The van der Waals surface area contributed by atoms with E-state index in [4.69, 9.17) is 0 Å². The van der Waals surface area contributed by atoms with E-state index in [1.807, 2.05) is 0 Å². The molecule has 1 amide bonds. The molecule has 0 unspecified atom stereocenters. The number of nitrogens with one attached hydrogen (secondary N) is 3. The van der Waals surface area contributed by atoms with E-state index in [0.29, 0.717) is 16.8 Å². The number of carbonyl (C=O) groups is 2. The fraction of sp³-hybridized carbons (Fsp3) is 0.100. The van der Waals surface area contributed by atoms with Crippen molar-refractivity contribution >= 4 is 34.7 Å². The Bertz CT molecular complexity index is 1130. The van der Waals surface area contributed by atoms with Crippen molar-refractivity contribution in [3.05, 3.63) is 81.7 Å². The van der Waals surface area contributed by atoms with Gasteiger partial charge in [0.15, 0.2) is 5.78 Å². The summed E-state index contributed by atoms with van der Waals surface area (Å²) < 4.78 is 0. The van der Waals surface area contributed by atoms with Gasteiger partial charge in [0.1, 0.15) is 6.33 Å². The van der Waals surface area contributed by atoms with Crippen LogP contribution in [-0.4, -0.2) is 26.6 Å². The highest BCUT2D eigenvalue weighted by Crippen LogP contribution is 2.31. The summed E-state index contributed by atoms with van der Waals surface area (Å²) in [4.78, 5) is 42.7. The van der Waals surface area contributed by atoms with Gasteiger partial charge >= 0.3 is 5.69 Å². The SMILES string of the molecule is CC(=O)c1cccc(Nc2ncnc(NNC(=O)c3ccccc3C)c2[N+](=O)[O-])c1. The van der Waals surface area contributed by atoms with Crippen LogP contribution in [0.3, 0.4) is 0 Å². The number of nitrogens with zero attached hydrogens (tertiary/aromatic N) is 3. The summed E-state index contributed by atoms with van der Waals surface area (Å²) in [6, 6.07) is 13.4. The van der Waals surface area contributed by atoms with Crippen LogP contribution in [0.2, 0.25) is 0 Å². The van der Waals surface area contributed by atoms with E-state index in [1.54, 1.807) is 55.5 Å². The van der Waals surface area contributed by atoms with Crippen LogP contribution in [0.1, 0.15) is 33.2 Å². The zero-order valence-corrected chi connectivity index (χ0v) is 16.2. The van der Waals surface area contributed by atoms with Gasteiger partial charge in [0.05, 0.1) is 4.92 Å². The quantitative estimate of drug-likeness (QED) is 0.308. The third-order valence-corrected chi connectivity index (χ3v) is 4.22. The highest BCUT2D eigenvalue weighted by Gasteiger charge is 2.24. The molecule has 2 aromatic carbocycles. The van der Waals surface area contributed by atoms with Gasteiger partial charge in [-0.1, -0.05) is 30.3 Å². The lowest BCUT2D eigenvalue weighted by atomic mass is 10.1. The van der Waals surface area contributed by atoms with Crippen molar-refractivity contribution in [3.63, 3.8) is 0 Å². The smallest absolute Gasteiger partial charge is 0.334 e. The molecule has 3 N–H and O–H groups in total. The Morgan fingerprint density at radius 1 is 1.03 bits per heavy atom. The largest absolute Gasteiger partial charge is 0.355 e. The molecule has 10 heteroatoms. The number of ketones is 1. The van der Waals surface area contributed by atoms with Crippen LogP contribution in [0.15, 0.2) is 54.9 Å². The number of hydrogen-bond acceptors (Lipinski definition) is 8. The second-order valence-electron chi connectivity index (χ2n) is 6.33. The van der Waals surface area contributed by atoms with E-state index in [9.17, 15) is 19.7 Å². The molecule has 1 aromatic heterocycles. The summed E-state index contributed by atoms with van der Waals surface area (Å²) in [6.07, 6.45) is 1.12. The molecular weight excluding hydrogens is 388 g/mol. The second kappa shape index (κ2) is 8.78. The topological polar surface area (TPSA) is 139 Å². The minimum Gasteiger partial charge on any atom is -0.334 e. The molecule has 30 heavy (non-hydrogen) atoms. The van der Waals surface area contributed by atoms with E-state index in [-0.39, 0.29) is 17.4 Å². The lowest BCUT2D eigenvalue weighted by Gasteiger charge is -2.12. The molecule has 0 aliphatic rings. The van der Waals surface area contributed by atoms with E-state index in [0.717, 1.165) is 11.9 Å². The minimum absolute atomic E-state index is 0.0941. The Morgan fingerprint density at radius 3 is 2.47 bits per heavy atom. The summed E-state index contributed by atoms with van der Waals surface area (Å²) >= 11 is 0. The van der Waals surface area contributed by atoms with Crippen molar-refractivity contribution < 1.29 is 14.5 Å². The van der Waals surface area contributed by atoms with E-state index in [1.165, 1.54) is 6.92 Å². The zero-order valence-electron chi connectivity index (χ0n) is 16.2. The van der Waals surface area contributed by atoms with Gasteiger partial charge in [-0.25, -0.2) is 9.97 Å². The number of benzene rings is 2. The Balaban J connectivity index is 1.85. The summed E-state index contributed by atoms with van der Waals surface area (Å²) in [5, 5.41) is 14.5. The number of rotatable bonds is 7. The van der Waals surface area contributed by atoms with Gasteiger partial charge in [-0.15, -0.1) is 0 Å². The van der Waals surface area contributed by atoms with Gasteiger partial charge in [0.25, 0.3) is 5.91 Å². The van der Waals surface area contributed by atoms with Crippen LogP contribution in [0.4, 0.5) is 23.0 Å². The maximum Gasteiger partial charge on any atom is 0.355 e. The van der Waals surface area contributed by atoms with Crippen molar-refractivity contribution in [2.45, 2.75) is 13.8 Å². The van der Waals surface area contributed by atoms with Gasteiger partial charge < -0.3 is 5.32 Å². The molecular formula is C20H18N6O4. The van der Waals surface area contributed by atoms with Crippen LogP contribution in [0, 0.1) is 17.0 Å². The summed E-state index contributed by atoms with van der Waals surface area (Å²) in [7, 11) is 0. The van der Waals surface area contributed by atoms with Gasteiger partial charge in [-0.2, -0.15) is 0 Å². The van der Waals surface area contributed by atoms with Crippen molar-refractivity contribution in [3.8, 4) is 0 Å². The molecule has 1 heterocycles. The maximum absolute atomic E-state index is 12.4. The summed E-state index contributed by atoms with van der Waals surface area (Å²) in [5.41, 5.74) is 6.50. The molecule has 0 bridgehead atoms. The lowest BCUT2D eigenvalue weighted by molar-refractivity contribution is -0.383. The molecule has 0 radical (unpaired) electrons. The van der Waals surface area contributed by atoms with Crippen LogP contribution < -0.4 is 16.2 Å². The number of hydrogen-bond donors (Lipinski definition) is 3. The predicted octanol–water partition coefficient (Wildman–Crippen LogP) is 3.40. The Morgan fingerprint density at radius 2 is 1.77 bits per heavy atom. The van der Waals surface area contributed by atoms with Crippen LogP contribution in [0.25, 0.3) is 0 Å². The molecule has 0 aliphatic carbocycles. The number of carbonyl (C=O) groups excluding carboxylic acids is 2. The number of nitro groups is 1. The lowest BCUT2D eigenvalue weighted by Crippen LogP contribution is -2.30. The second-order valence-corrected chi connectivity index (χ2v) is 6.33. The fourth-order valence-corrected chi connectivity index (χ4v) is 2.70. The van der Waals surface area contributed by atoms with Crippen LogP contribution >= 0.6 is 0 Å². The monoisotopic (exact) mass is 406 g/mol. The number of aromatic nitrogens is 2. The first-order chi connectivity index (χ1) is 14.4. The molecule has 0 aliphatic heterocycles. The molecule has 0 saturated carbocycles. The third kappa shape index (κ3) is 4.55. The Hall–Kier alpha value is -4.34. The van der Waals surface area contributed by atoms with Crippen molar-refractivity contribution in [2.24, 2.45) is 0 Å². The van der Waals surface area contributed by atoms with Gasteiger partial charge in [0.2, 0.25) is 11.6 Å². The van der Waals surface area contributed by atoms with Crippen LogP contribution in [-0.2, 0) is 0 Å². The first-order valence-corrected chi connectivity index (χ1v) is 8.86. The first kappa shape index (κ1) is 20.4. The van der Waals surface area contributed by atoms with E-state index in [2.05, 4.69) is 26.1 Å². The molecule has 0 atom stereocenters.